The van der Waals surface area contributed by atoms with Crippen LogP contribution in [0.15, 0.2) is 24.3 Å². The van der Waals surface area contributed by atoms with Crippen molar-refractivity contribution in [2.24, 2.45) is 5.92 Å². The number of benzene rings is 1. The van der Waals surface area contributed by atoms with E-state index in [2.05, 4.69) is 0 Å². The van der Waals surface area contributed by atoms with Gasteiger partial charge in [-0.05, 0) is 12.5 Å². The van der Waals surface area contributed by atoms with Crippen LogP contribution in [0, 0.1) is 5.92 Å². The average Bonchev–Trinajstić information content (AvgIpc) is 2.38. The number of ether oxygens (including phenoxy) is 2. The van der Waals surface area contributed by atoms with Crippen LogP contribution < -0.4 is 4.74 Å². The summed E-state index contributed by atoms with van der Waals surface area (Å²) in [5.41, 5.74) is 0.919. The molecule has 1 N–H and O–H groups in total. The summed E-state index contributed by atoms with van der Waals surface area (Å²) < 4.78 is 10.7. The van der Waals surface area contributed by atoms with Gasteiger partial charge in [0.1, 0.15) is 5.75 Å². The highest BCUT2D eigenvalue weighted by atomic mass is 16.5. The topological polar surface area (TPSA) is 55.8 Å². The van der Waals surface area contributed by atoms with Crippen molar-refractivity contribution in [3.63, 3.8) is 0 Å². The Morgan fingerprint density at radius 3 is 2.94 bits per heavy atom. The van der Waals surface area contributed by atoms with Gasteiger partial charge in [-0.15, -0.1) is 0 Å². The number of carbonyl (C=O) groups is 1. The van der Waals surface area contributed by atoms with Gasteiger partial charge in [-0.2, -0.15) is 0 Å². The highest BCUT2D eigenvalue weighted by Crippen LogP contribution is 2.36. The van der Waals surface area contributed by atoms with Gasteiger partial charge in [0, 0.05) is 18.1 Å². The zero-order valence-corrected chi connectivity index (χ0v) is 9.76. The van der Waals surface area contributed by atoms with E-state index < -0.39 is 5.97 Å². The summed E-state index contributed by atoms with van der Waals surface area (Å²) in [6.07, 6.45) is 0.554. The lowest BCUT2D eigenvalue weighted by atomic mass is 9.83. The van der Waals surface area contributed by atoms with Gasteiger partial charge < -0.3 is 14.6 Å². The van der Waals surface area contributed by atoms with Crippen LogP contribution in [0.25, 0.3) is 0 Å². The van der Waals surface area contributed by atoms with Crippen LogP contribution >= 0.6 is 0 Å². The van der Waals surface area contributed by atoms with Crippen molar-refractivity contribution in [3.05, 3.63) is 29.8 Å². The SMILES string of the molecule is COc1ccccc1C1COCCC1C(=O)O. The highest BCUT2D eigenvalue weighted by Gasteiger charge is 2.34. The molecule has 0 aromatic heterocycles. The lowest BCUT2D eigenvalue weighted by Gasteiger charge is -2.29. The molecule has 1 heterocycles. The van der Waals surface area contributed by atoms with Gasteiger partial charge in [-0.25, -0.2) is 0 Å². The molecule has 2 unspecified atom stereocenters. The lowest BCUT2D eigenvalue weighted by Crippen LogP contribution is -2.31. The summed E-state index contributed by atoms with van der Waals surface area (Å²) in [4.78, 5) is 11.2. The fourth-order valence-corrected chi connectivity index (χ4v) is 2.31. The summed E-state index contributed by atoms with van der Waals surface area (Å²) in [7, 11) is 1.60. The largest absolute Gasteiger partial charge is 0.496 e. The quantitative estimate of drug-likeness (QED) is 0.870. The molecule has 0 amide bonds. The van der Waals surface area contributed by atoms with Crippen molar-refractivity contribution in [1.82, 2.24) is 0 Å². The van der Waals surface area contributed by atoms with E-state index >= 15 is 0 Å². The molecule has 1 saturated heterocycles. The van der Waals surface area contributed by atoms with Gasteiger partial charge in [0.15, 0.2) is 0 Å². The zero-order valence-electron chi connectivity index (χ0n) is 9.76. The maximum absolute atomic E-state index is 11.2. The maximum Gasteiger partial charge on any atom is 0.307 e. The van der Waals surface area contributed by atoms with Crippen LogP contribution in [0.1, 0.15) is 17.9 Å². The molecule has 92 valence electrons. The molecule has 0 aliphatic carbocycles. The molecular weight excluding hydrogens is 220 g/mol. The third-order valence-electron chi connectivity index (χ3n) is 3.21. The van der Waals surface area contributed by atoms with Crippen LogP contribution in [0.3, 0.4) is 0 Å². The van der Waals surface area contributed by atoms with E-state index in [0.29, 0.717) is 19.6 Å². The standard InChI is InChI=1S/C13H16O4/c1-16-12-5-3-2-4-9(12)11-8-17-7-6-10(11)13(14)15/h2-5,10-11H,6-8H2,1H3,(H,14,15). The molecule has 1 aliphatic rings. The second-order valence-electron chi connectivity index (χ2n) is 4.16. The monoisotopic (exact) mass is 236 g/mol. The molecule has 2 atom stereocenters. The van der Waals surface area contributed by atoms with Crippen LogP contribution in [-0.2, 0) is 9.53 Å². The predicted molar refractivity (Wildman–Crippen MR) is 62.3 cm³/mol. The molecule has 4 nitrogen and oxygen atoms in total. The van der Waals surface area contributed by atoms with E-state index in [4.69, 9.17) is 9.47 Å². The van der Waals surface area contributed by atoms with Gasteiger partial charge in [0.25, 0.3) is 0 Å². The Bertz CT molecular complexity index is 402. The minimum atomic E-state index is -0.760. The molecule has 1 fully saturated rings. The van der Waals surface area contributed by atoms with Crippen molar-refractivity contribution < 1.29 is 19.4 Å². The fourth-order valence-electron chi connectivity index (χ4n) is 2.31. The summed E-state index contributed by atoms with van der Waals surface area (Å²) in [6, 6.07) is 7.53. The average molecular weight is 236 g/mol. The molecule has 17 heavy (non-hydrogen) atoms. The molecule has 0 radical (unpaired) electrons. The Kier molecular flexibility index (Phi) is 3.64. The second-order valence-corrected chi connectivity index (χ2v) is 4.16. The van der Waals surface area contributed by atoms with Crippen molar-refractivity contribution in [2.75, 3.05) is 20.3 Å². The van der Waals surface area contributed by atoms with Crippen molar-refractivity contribution in [3.8, 4) is 5.75 Å². The van der Waals surface area contributed by atoms with Gasteiger partial charge >= 0.3 is 5.97 Å². The smallest absolute Gasteiger partial charge is 0.307 e. The summed E-state index contributed by atoms with van der Waals surface area (Å²) >= 11 is 0. The van der Waals surface area contributed by atoms with Crippen LogP contribution in [0.2, 0.25) is 0 Å². The van der Waals surface area contributed by atoms with Gasteiger partial charge in [-0.3, -0.25) is 4.79 Å². The Balaban J connectivity index is 2.32. The van der Waals surface area contributed by atoms with E-state index in [1.54, 1.807) is 7.11 Å². The maximum atomic E-state index is 11.2. The Morgan fingerprint density at radius 1 is 1.47 bits per heavy atom. The lowest BCUT2D eigenvalue weighted by molar-refractivity contribution is -0.146. The minimum absolute atomic E-state index is 0.127. The zero-order chi connectivity index (χ0) is 12.3. The molecule has 1 aromatic rings. The first kappa shape index (κ1) is 11.9. The molecule has 0 spiro atoms. The van der Waals surface area contributed by atoms with Gasteiger partial charge in [-0.1, -0.05) is 18.2 Å². The first-order valence-electron chi connectivity index (χ1n) is 5.67. The summed E-state index contributed by atoms with van der Waals surface area (Å²) in [5.74, 6) is -0.545. The van der Waals surface area contributed by atoms with Crippen LogP contribution in [0.5, 0.6) is 5.75 Å². The summed E-state index contributed by atoms with van der Waals surface area (Å²) in [6.45, 7) is 0.958. The number of hydrogen-bond acceptors (Lipinski definition) is 3. The number of aliphatic carboxylic acids is 1. The third kappa shape index (κ3) is 2.42. The molecule has 2 rings (SSSR count). The molecular formula is C13H16O4. The highest BCUT2D eigenvalue weighted by molar-refractivity contribution is 5.72. The fraction of sp³-hybridized carbons (Fsp3) is 0.462. The molecule has 0 bridgehead atoms. The number of para-hydroxylation sites is 1. The van der Waals surface area contributed by atoms with Crippen LogP contribution in [0.4, 0.5) is 0 Å². The van der Waals surface area contributed by atoms with E-state index in [9.17, 15) is 9.90 Å². The van der Waals surface area contributed by atoms with Gasteiger partial charge in [0.05, 0.1) is 19.6 Å². The molecule has 1 aromatic carbocycles. The van der Waals surface area contributed by atoms with E-state index in [0.717, 1.165) is 11.3 Å². The minimum Gasteiger partial charge on any atom is -0.496 e. The third-order valence-corrected chi connectivity index (χ3v) is 3.21. The molecule has 0 saturated carbocycles. The Morgan fingerprint density at radius 2 is 2.24 bits per heavy atom. The normalized spacial score (nSPS) is 24.3. The first-order chi connectivity index (χ1) is 8.24. The molecule has 1 aliphatic heterocycles. The second kappa shape index (κ2) is 5.19. The number of carboxylic acids is 1. The van der Waals surface area contributed by atoms with Crippen molar-refractivity contribution >= 4 is 5.97 Å². The Labute approximate surface area is 100 Å². The predicted octanol–water partition coefficient (Wildman–Crippen LogP) is 1.90. The summed E-state index contributed by atoms with van der Waals surface area (Å²) in [5, 5.41) is 9.24. The molecule has 4 heteroatoms. The number of methoxy groups -OCH3 is 1. The van der Waals surface area contributed by atoms with Gasteiger partial charge in [0.2, 0.25) is 0 Å². The van der Waals surface area contributed by atoms with E-state index in [-0.39, 0.29) is 11.8 Å². The van der Waals surface area contributed by atoms with E-state index in [1.165, 1.54) is 0 Å². The van der Waals surface area contributed by atoms with Crippen molar-refractivity contribution in [2.45, 2.75) is 12.3 Å². The van der Waals surface area contributed by atoms with Crippen molar-refractivity contribution in [1.29, 1.82) is 0 Å². The number of carboxylic acid groups (broad SMARTS) is 1. The first-order valence-corrected chi connectivity index (χ1v) is 5.67. The number of hydrogen-bond donors (Lipinski definition) is 1. The van der Waals surface area contributed by atoms with Crippen LogP contribution in [-0.4, -0.2) is 31.4 Å². The Hall–Kier alpha value is -1.55. The van der Waals surface area contributed by atoms with E-state index in [1.807, 2.05) is 24.3 Å². The number of rotatable bonds is 3.